The number of hydrogen-bond acceptors (Lipinski definition) is 6. The van der Waals surface area contributed by atoms with Gasteiger partial charge in [0.15, 0.2) is 0 Å². The van der Waals surface area contributed by atoms with Gasteiger partial charge in [-0.2, -0.15) is 4.98 Å². The molecule has 0 aliphatic carbocycles. The number of ether oxygens (including phenoxy) is 1. The van der Waals surface area contributed by atoms with E-state index in [-0.39, 0.29) is 11.9 Å². The first-order valence-electron chi connectivity index (χ1n) is 10.9. The molecule has 1 aromatic heterocycles. The van der Waals surface area contributed by atoms with E-state index in [4.69, 9.17) is 4.74 Å². The minimum Gasteiger partial charge on any atom is -0.493 e. The Kier molecular flexibility index (Phi) is 6.18. The highest BCUT2D eigenvalue weighted by Crippen LogP contribution is 2.28. The highest BCUT2D eigenvalue weighted by molar-refractivity contribution is 6.05. The monoisotopic (exact) mass is 409 g/mol. The van der Waals surface area contributed by atoms with Crippen LogP contribution >= 0.6 is 0 Å². The Labute approximate surface area is 178 Å². The maximum Gasteiger partial charge on any atom is 0.259 e. The van der Waals surface area contributed by atoms with Crippen LogP contribution in [-0.2, 0) is 6.42 Å². The molecule has 30 heavy (non-hydrogen) atoms. The van der Waals surface area contributed by atoms with Gasteiger partial charge in [-0.05, 0) is 82.6 Å². The van der Waals surface area contributed by atoms with Crippen LogP contribution in [0, 0.1) is 5.92 Å². The highest BCUT2D eigenvalue weighted by atomic mass is 16.5. The standard InChI is InChI=1S/C23H31N5O2/c1-16(2)25-23-24-10-6-21(26-23)28(15-17-7-11-27(3)12-8-17)22(29)19-4-5-20-18(14-19)9-13-30-20/h4-6,10,14,16-17H,7-9,11-13,15H2,1-3H3,(H,24,25,26). The highest BCUT2D eigenvalue weighted by Gasteiger charge is 2.26. The fraction of sp³-hybridized carbons (Fsp3) is 0.522. The van der Waals surface area contributed by atoms with E-state index in [0.717, 1.165) is 43.7 Å². The van der Waals surface area contributed by atoms with Crippen molar-refractivity contribution >= 4 is 17.7 Å². The topological polar surface area (TPSA) is 70.6 Å². The van der Waals surface area contributed by atoms with Gasteiger partial charge < -0.3 is 15.0 Å². The summed E-state index contributed by atoms with van der Waals surface area (Å²) in [7, 11) is 2.15. The molecule has 2 aliphatic heterocycles. The van der Waals surface area contributed by atoms with Gasteiger partial charge in [0.25, 0.3) is 5.91 Å². The van der Waals surface area contributed by atoms with E-state index < -0.39 is 0 Å². The number of carbonyl (C=O) groups excluding carboxylic acids is 1. The van der Waals surface area contributed by atoms with Gasteiger partial charge in [-0.3, -0.25) is 9.69 Å². The number of likely N-dealkylation sites (tertiary alicyclic amines) is 1. The van der Waals surface area contributed by atoms with Crippen molar-refractivity contribution in [1.82, 2.24) is 14.9 Å². The van der Waals surface area contributed by atoms with Crippen LogP contribution in [0.1, 0.15) is 42.6 Å². The van der Waals surface area contributed by atoms with Crippen molar-refractivity contribution in [2.45, 2.75) is 39.2 Å². The number of carbonyl (C=O) groups is 1. The molecule has 1 fully saturated rings. The number of nitrogens with zero attached hydrogens (tertiary/aromatic N) is 4. The van der Waals surface area contributed by atoms with Crippen molar-refractivity contribution in [1.29, 1.82) is 0 Å². The van der Waals surface area contributed by atoms with E-state index >= 15 is 0 Å². The molecule has 4 rings (SSSR count). The Morgan fingerprint density at radius 1 is 1.30 bits per heavy atom. The maximum atomic E-state index is 13.6. The molecule has 160 valence electrons. The SMILES string of the molecule is CC(C)Nc1nccc(N(CC2CCN(C)CC2)C(=O)c2ccc3c(c2)CCO3)n1. The predicted octanol–water partition coefficient (Wildman–Crippen LogP) is 3.22. The number of rotatable bonds is 6. The second-order valence-electron chi connectivity index (χ2n) is 8.62. The third-order valence-corrected chi connectivity index (χ3v) is 5.80. The molecule has 2 aromatic rings. The normalized spacial score (nSPS) is 16.9. The number of fused-ring (bicyclic) bond motifs is 1. The first-order valence-corrected chi connectivity index (χ1v) is 10.9. The van der Waals surface area contributed by atoms with Gasteiger partial charge >= 0.3 is 0 Å². The number of piperidine rings is 1. The zero-order chi connectivity index (χ0) is 21.1. The number of benzene rings is 1. The van der Waals surface area contributed by atoms with Crippen molar-refractivity contribution in [3.63, 3.8) is 0 Å². The van der Waals surface area contributed by atoms with Crippen molar-refractivity contribution in [2.24, 2.45) is 5.92 Å². The largest absolute Gasteiger partial charge is 0.493 e. The lowest BCUT2D eigenvalue weighted by Gasteiger charge is -2.33. The number of nitrogens with one attached hydrogen (secondary N) is 1. The second-order valence-corrected chi connectivity index (χ2v) is 8.62. The molecule has 1 amide bonds. The Bertz CT molecular complexity index is 893. The molecule has 1 N–H and O–H groups in total. The number of anilines is 2. The van der Waals surface area contributed by atoms with Crippen LogP contribution in [0.2, 0.25) is 0 Å². The average Bonchev–Trinajstić information content (AvgIpc) is 3.20. The molecule has 7 nitrogen and oxygen atoms in total. The van der Waals surface area contributed by atoms with Gasteiger partial charge in [0, 0.05) is 30.8 Å². The van der Waals surface area contributed by atoms with Crippen LogP contribution in [-0.4, -0.2) is 60.1 Å². The Hall–Kier alpha value is -2.67. The maximum absolute atomic E-state index is 13.6. The molecule has 2 aliphatic rings. The molecule has 0 atom stereocenters. The molecule has 0 spiro atoms. The summed E-state index contributed by atoms with van der Waals surface area (Å²) in [6.07, 6.45) is 4.74. The molecule has 7 heteroatoms. The van der Waals surface area contributed by atoms with Crippen LogP contribution in [0.5, 0.6) is 5.75 Å². The molecule has 0 saturated carbocycles. The van der Waals surface area contributed by atoms with Crippen LogP contribution in [0.25, 0.3) is 0 Å². The van der Waals surface area contributed by atoms with Gasteiger partial charge in [-0.25, -0.2) is 4.98 Å². The third kappa shape index (κ3) is 4.73. The number of aromatic nitrogens is 2. The lowest BCUT2D eigenvalue weighted by atomic mass is 9.96. The van der Waals surface area contributed by atoms with Gasteiger partial charge in [0.2, 0.25) is 5.95 Å². The van der Waals surface area contributed by atoms with Gasteiger partial charge in [-0.15, -0.1) is 0 Å². The first kappa shape index (κ1) is 20.6. The summed E-state index contributed by atoms with van der Waals surface area (Å²) in [6, 6.07) is 7.79. The fourth-order valence-electron chi connectivity index (χ4n) is 4.09. The molecule has 0 radical (unpaired) electrons. The average molecular weight is 410 g/mol. The van der Waals surface area contributed by atoms with Gasteiger partial charge in [-0.1, -0.05) is 0 Å². The van der Waals surface area contributed by atoms with Crippen LogP contribution in [0.4, 0.5) is 11.8 Å². The summed E-state index contributed by atoms with van der Waals surface area (Å²) in [5.41, 5.74) is 1.79. The summed E-state index contributed by atoms with van der Waals surface area (Å²) < 4.78 is 5.60. The summed E-state index contributed by atoms with van der Waals surface area (Å²) in [6.45, 7) is 7.56. The molecule has 0 unspecified atom stereocenters. The summed E-state index contributed by atoms with van der Waals surface area (Å²) >= 11 is 0. The van der Waals surface area contributed by atoms with Crippen molar-refractivity contribution < 1.29 is 9.53 Å². The van der Waals surface area contributed by atoms with E-state index in [0.29, 0.717) is 36.4 Å². The van der Waals surface area contributed by atoms with E-state index in [2.05, 4.69) is 27.2 Å². The second kappa shape index (κ2) is 9.00. The van der Waals surface area contributed by atoms with E-state index in [9.17, 15) is 4.79 Å². The number of amides is 1. The predicted molar refractivity (Wildman–Crippen MR) is 118 cm³/mol. The molecular formula is C23H31N5O2. The van der Waals surface area contributed by atoms with Crippen molar-refractivity contribution in [3.05, 3.63) is 41.6 Å². The van der Waals surface area contributed by atoms with Crippen molar-refractivity contribution in [2.75, 3.05) is 43.5 Å². The third-order valence-electron chi connectivity index (χ3n) is 5.80. The van der Waals surface area contributed by atoms with Crippen LogP contribution < -0.4 is 15.0 Å². The molecule has 3 heterocycles. The molecule has 1 aromatic carbocycles. The molecular weight excluding hydrogens is 378 g/mol. The van der Waals surface area contributed by atoms with E-state index in [1.54, 1.807) is 6.20 Å². The smallest absolute Gasteiger partial charge is 0.259 e. The minimum absolute atomic E-state index is 0.0159. The Balaban J connectivity index is 1.62. The van der Waals surface area contributed by atoms with E-state index in [1.165, 1.54) is 0 Å². The quantitative estimate of drug-likeness (QED) is 0.790. The van der Waals surface area contributed by atoms with Crippen molar-refractivity contribution in [3.8, 4) is 5.75 Å². The van der Waals surface area contributed by atoms with Gasteiger partial charge in [0.05, 0.1) is 6.61 Å². The summed E-state index contributed by atoms with van der Waals surface area (Å²) in [4.78, 5) is 26.8. The Morgan fingerprint density at radius 2 is 2.10 bits per heavy atom. The van der Waals surface area contributed by atoms with E-state index in [1.807, 2.05) is 43.0 Å². The molecule has 1 saturated heterocycles. The minimum atomic E-state index is -0.0159. The summed E-state index contributed by atoms with van der Waals surface area (Å²) in [5, 5.41) is 3.24. The van der Waals surface area contributed by atoms with Crippen LogP contribution in [0.3, 0.4) is 0 Å². The van der Waals surface area contributed by atoms with Crippen LogP contribution in [0.15, 0.2) is 30.5 Å². The zero-order valence-corrected chi connectivity index (χ0v) is 18.1. The zero-order valence-electron chi connectivity index (χ0n) is 18.1. The lowest BCUT2D eigenvalue weighted by Crippen LogP contribution is -2.40. The van der Waals surface area contributed by atoms with Gasteiger partial charge in [0.1, 0.15) is 11.6 Å². The Morgan fingerprint density at radius 3 is 2.87 bits per heavy atom. The molecule has 0 bridgehead atoms. The number of hydrogen-bond donors (Lipinski definition) is 1. The summed E-state index contributed by atoms with van der Waals surface area (Å²) in [5.74, 6) is 2.52. The lowest BCUT2D eigenvalue weighted by molar-refractivity contribution is 0.0976. The first-order chi connectivity index (χ1) is 14.5. The fourth-order valence-corrected chi connectivity index (χ4v) is 4.09.